The minimum atomic E-state index is 0.419. The third-order valence-electron chi connectivity index (χ3n) is 5.20. The highest BCUT2D eigenvalue weighted by Crippen LogP contribution is 2.57. The zero-order chi connectivity index (χ0) is 10.7. The van der Waals surface area contributed by atoms with Gasteiger partial charge in [-0.2, -0.15) is 0 Å². The zero-order valence-electron chi connectivity index (χ0n) is 10.3. The molecule has 3 fully saturated rings. The molecule has 3 aliphatic rings. The average molecular weight is 209 g/mol. The highest BCUT2D eigenvalue weighted by atomic mass is 16.5. The summed E-state index contributed by atoms with van der Waals surface area (Å²) >= 11 is 0. The van der Waals surface area contributed by atoms with Crippen LogP contribution < -0.4 is 0 Å². The van der Waals surface area contributed by atoms with Crippen LogP contribution in [0.4, 0.5) is 0 Å². The first-order valence-corrected chi connectivity index (χ1v) is 6.36. The number of fused-ring (bicyclic) bond motifs is 2. The molecule has 1 unspecified atom stereocenters. The largest absolute Gasteiger partial charge is 0.377 e. The van der Waals surface area contributed by atoms with Crippen molar-refractivity contribution in [2.45, 2.75) is 57.5 Å². The Hall–Kier alpha value is -0.0800. The van der Waals surface area contributed by atoms with Crippen LogP contribution in [0.3, 0.4) is 0 Å². The van der Waals surface area contributed by atoms with E-state index < -0.39 is 0 Å². The minimum absolute atomic E-state index is 0.419. The fraction of sp³-hybridized carbons (Fsp3) is 1.00. The molecule has 0 aromatic carbocycles. The lowest BCUT2D eigenvalue weighted by Gasteiger charge is -2.52. The molecule has 86 valence electrons. The second-order valence-electron chi connectivity index (χ2n) is 6.75. The van der Waals surface area contributed by atoms with Crippen LogP contribution in [0.2, 0.25) is 0 Å². The van der Waals surface area contributed by atoms with Gasteiger partial charge >= 0.3 is 0 Å². The second-order valence-corrected chi connectivity index (χ2v) is 6.75. The van der Waals surface area contributed by atoms with Crippen LogP contribution in [0.15, 0.2) is 0 Å². The lowest BCUT2D eigenvalue weighted by Crippen LogP contribution is -2.64. The van der Waals surface area contributed by atoms with Crippen molar-refractivity contribution in [2.75, 3.05) is 19.8 Å². The summed E-state index contributed by atoms with van der Waals surface area (Å²) in [5.74, 6) is 0. The SMILES string of the molecule is CC(C)(C)C12CCCN1C1(CC2)COC1. The van der Waals surface area contributed by atoms with Crippen molar-refractivity contribution in [3.63, 3.8) is 0 Å². The predicted octanol–water partition coefficient (Wildman–Crippen LogP) is 2.43. The maximum Gasteiger partial charge on any atom is 0.0683 e. The van der Waals surface area contributed by atoms with Gasteiger partial charge < -0.3 is 4.74 Å². The first kappa shape index (κ1) is 10.1. The molecule has 1 atom stereocenters. The summed E-state index contributed by atoms with van der Waals surface area (Å²) in [6.45, 7) is 10.5. The summed E-state index contributed by atoms with van der Waals surface area (Å²) in [4.78, 5) is 2.82. The quantitative estimate of drug-likeness (QED) is 0.607. The highest BCUT2D eigenvalue weighted by Gasteiger charge is 2.63. The van der Waals surface area contributed by atoms with Gasteiger partial charge in [-0.3, -0.25) is 4.90 Å². The molecule has 2 heteroatoms. The zero-order valence-corrected chi connectivity index (χ0v) is 10.3. The molecule has 0 amide bonds. The Bertz CT molecular complexity index is 277. The molecule has 3 saturated heterocycles. The number of hydrogen-bond donors (Lipinski definition) is 0. The van der Waals surface area contributed by atoms with Crippen molar-refractivity contribution < 1.29 is 4.74 Å². The van der Waals surface area contributed by atoms with Gasteiger partial charge in [0.05, 0.1) is 18.8 Å². The monoisotopic (exact) mass is 209 g/mol. The molecule has 0 radical (unpaired) electrons. The molecule has 3 aliphatic heterocycles. The standard InChI is InChI=1S/C13H23NO/c1-11(2,3)13-5-4-8-14(13)12(6-7-13)9-15-10-12/h4-10H2,1-3H3. The van der Waals surface area contributed by atoms with Crippen LogP contribution in [0.25, 0.3) is 0 Å². The van der Waals surface area contributed by atoms with Gasteiger partial charge in [-0.1, -0.05) is 20.8 Å². The molecule has 15 heavy (non-hydrogen) atoms. The van der Waals surface area contributed by atoms with Crippen LogP contribution in [-0.4, -0.2) is 35.7 Å². The molecule has 2 nitrogen and oxygen atoms in total. The average Bonchev–Trinajstić information content (AvgIpc) is 2.53. The summed E-state index contributed by atoms with van der Waals surface area (Å²) in [5, 5.41) is 0. The van der Waals surface area contributed by atoms with Gasteiger partial charge in [-0.25, -0.2) is 0 Å². The fourth-order valence-electron chi connectivity index (χ4n) is 4.20. The third-order valence-corrected chi connectivity index (χ3v) is 5.20. The van der Waals surface area contributed by atoms with Crippen molar-refractivity contribution in [3.05, 3.63) is 0 Å². The van der Waals surface area contributed by atoms with Gasteiger partial charge in [-0.05, 0) is 37.6 Å². The summed E-state index contributed by atoms with van der Waals surface area (Å²) in [7, 11) is 0. The number of ether oxygens (including phenoxy) is 1. The van der Waals surface area contributed by atoms with E-state index in [9.17, 15) is 0 Å². The summed E-state index contributed by atoms with van der Waals surface area (Å²) in [6.07, 6.45) is 5.54. The summed E-state index contributed by atoms with van der Waals surface area (Å²) in [5.41, 5.74) is 1.35. The van der Waals surface area contributed by atoms with Gasteiger partial charge in [0.1, 0.15) is 0 Å². The second kappa shape index (κ2) is 2.78. The number of hydrogen-bond acceptors (Lipinski definition) is 2. The maximum absolute atomic E-state index is 5.48. The molecule has 0 aromatic rings. The third kappa shape index (κ3) is 1.07. The summed E-state index contributed by atoms with van der Waals surface area (Å²) < 4.78 is 5.48. The van der Waals surface area contributed by atoms with Crippen molar-refractivity contribution >= 4 is 0 Å². The normalized spacial score (nSPS) is 39.4. The van der Waals surface area contributed by atoms with Gasteiger partial charge in [0.15, 0.2) is 0 Å². The Morgan fingerprint density at radius 1 is 1.07 bits per heavy atom. The molecule has 0 aliphatic carbocycles. The Kier molecular flexibility index (Phi) is 1.87. The Balaban J connectivity index is 1.96. The maximum atomic E-state index is 5.48. The van der Waals surface area contributed by atoms with E-state index in [1.54, 1.807) is 0 Å². The topological polar surface area (TPSA) is 12.5 Å². The molecule has 3 rings (SSSR count). The van der Waals surface area contributed by atoms with Crippen LogP contribution in [0.1, 0.15) is 46.5 Å². The number of rotatable bonds is 0. The minimum Gasteiger partial charge on any atom is -0.377 e. The van der Waals surface area contributed by atoms with Crippen molar-refractivity contribution in [1.82, 2.24) is 4.90 Å². The van der Waals surface area contributed by atoms with Crippen molar-refractivity contribution in [2.24, 2.45) is 5.41 Å². The van der Waals surface area contributed by atoms with Crippen molar-refractivity contribution in [1.29, 1.82) is 0 Å². The van der Waals surface area contributed by atoms with E-state index in [1.165, 1.54) is 32.2 Å². The number of nitrogens with zero attached hydrogens (tertiary/aromatic N) is 1. The Labute approximate surface area is 93.0 Å². The van der Waals surface area contributed by atoms with E-state index >= 15 is 0 Å². The van der Waals surface area contributed by atoms with Crippen LogP contribution in [0, 0.1) is 5.41 Å². The van der Waals surface area contributed by atoms with Gasteiger partial charge in [0.25, 0.3) is 0 Å². The molecule has 0 saturated carbocycles. The smallest absolute Gasteiger partial charge is 0.0683 e. The molecule has 1 spiro atoms. The van der Waals surface area contributed by atoms with E-state index in [0.717, 1.165) is 13.2 Å². The van der Waals surface area contributed by atoms with Crippen LogP contribution in [-0.2, 0) is 4.74 Å². The highest BCUT2D eigenvalue weighted by molar-refractivity contribution is 5.17. The van der Waals surface area contributed by atoms with Gasteiger partial charge in [-0.15, -0.1) is 0 Å². The van der Waals surface area contributed by atoms with Crippen LogP contribution in [0.5, 0.6) is 0 Å². The van der Waals surface area contributed by atoms with Crippen molar-refractivity contribution in [3.8, 4) is 0 Å². The molecular weight excluding hydrogens is 186 g/mol. The predicted molar refractivity (Wildman–Crippen MR) is 60.9 cm³/mol. The lowest BCUT2D eigenvalue weighted by atomic mass is 9.71. The van der Waals surface area contributed by atoms with E-state index in [-0.39, 0.29) is 0 Å². The fourth-order valence-corrected chi connectivity index (χ4v) is 4.20. The molecule has 0 N–H and O–H groups in total. The van der Waals surface area contributed by atoms with Gasteiger partial charge in [0, 0.05) is 5.54 Å². The van der Waals surface area contributed by atoms with Gasteiger partial charge in [0.2, 0.25) is 0 Å². The Morgan fingerprint density at radius 2 is 1.80 bits per heavy atom. The van der Waals surface area contributed by atoms with Crippen LogP contribution >= 0.6 is 0 Å². The molecule has 0 bridgehead atoms. The van der Waals surface area contributed by atoms with E-state index in [0.29, 0.717) is 16.5 Å². The molecule has 3 heterocycles. The van der Waals surface area contributed by atoms with E-state index in [1.807, 2.05) is 0 Å². The lowest BCUT2D eigenvalue weighted by molar-refractivity contribution is -0.146. The Morgan fingerprint density at radius 3 is 2.33 bits per heavy atom. The first-order chi connectivity index (χ1) is 7.00. The molecular formula is C13H23NO. The van der Waals surface area contributed by atoms with E-state index in [4.69, 9.17) is 4.74 Å². The summed E-state index contributed by atoms with van der Waals surface area (Å²) in [6, 6.07) is 0. The van der Waals surface area contributed by atoms with E-state index in [2.05, 4.69) is 25.7 Å². The first-order valence-electron chi connectivity index (χ1n) is 6.36. The molecule has 0 aromatic heterocycles.